The Balaban J connectivity index is 1.72. The van der Waals surface area contributed by atoms with Crippen LogP contribution in [0.2, 0.25) is 15.1 Å². The lowest BCUT2D eigenvalue weighted by Gasteiger charge is -2.17. The molecule has 1 heterocycles. The first-order chi connectivity index (χ1) is 11.4. The fourth-order valence-electron chi connectivity index (χ4n) is 2.65. The lowest BCUT2D eigenvalue weighted by atomic mass is 10.1. The van der Waals surface area contributed by atoms with Gasteiger partial charge < -0.3 is 10.2 Å². The lowest BCUT2D eigenvalue weighted by Crippen LogP contribution is -2.28. The number of rotatable bonds is 3. The first kappa shape index (κ1) is 17.1. The average Bonchev–Trinajstić information content (AvgIpc) is 2.88. The first-order valence-corrected chi connectivity index (χ1v) is 8.38. The maximum absolute atomic E-state index is 12.4. The zero-order valence-corrected chi connectivity index (χ0v) is 14.7. The van der Waals surface area contributed by atoms with Gasteiger partial charge in [0.05, 0.1) is 5.92 Å². The third-order valence-corrected chi connectivity index (χ3v) is 4.42. The number of nitrogens with one attached hydrogen (secondary N) is 1. The van der Waals surface area contributed by atoms with Gasteiger partial charge in [-0.25, -0.2) is 0 Å². The van der Waals surface area contributed by atoms with Crippen molar-refractivity contribution in [2.45, 2.75) is 6.42 Å². The van der Waals surface area contributed by atoms with Gasteiger partial charge in [0.25, 0.3) is 0 Å². The Morgan fingerprint density at radius 3 is 2.42 bits per heavy atom. The summed E-state index contributed by atoms with van der Waals surface area (Å²) < 4.78 is 0. The molecule has 124 valence electrons. The molecule has 0 spiro atoms. The molecule has 1 N–H and O–H groups in total. The molecule has 2 aromatic carbocycles. The predicted molar refractivity (Wildman–Crippen MR) is 97.0 cm³/mol. The highest BCUT2D eigenvalue weighted by molar-refractivity contribution is 6.35. The van der Waals surface area contributed by atoms with Crippen molar-refractivity contribution in [2.75, 3.05) is 16.8 Å². The van der Waals surface area contributed by atoms with Crippen molar-refractivity contribution in [3.05, 3.63) is 57.5 Å². The minimum Gasteiger partial charge on any atom is -0.326 e. The zero-order chi connectivity index (χ0) is 17.3. The normalized spacial score (nSPS) is 17.2. The third kappa shape index (κ3) is 3.83. The number of benzene rings is 2. The Labute approximate surface area is 154 Å². The van der Waals surface area contributed by atoms with Crippen molar-refractivity contribution in [3.8, 4) is 0 Å². The van der Waals surface area contributed by atoms with Gasteiger partial charge in [0.1, 0.15) is 0 Å². The predicted octanol–water partition coefficient (Wildman–Crippen LogP) is 4.64. The number of halogens is 3. The van der Waals surface area contributed by atoms with E-state index in [0.29, 0.717) is 33.0 Å². The minimum atomic E-state index is -0.450. The number of nitrogens with zero attached hydrogens (tertiary/aromatic N) is 1. The van der Waals surface area contributed by atoms with Gasteiger partial charge in [-0.3, -0.25) is 9.59 Å². The highest BCUT2D eigenvalue weighted by Crippen LogP contribution is 2.28. The van der Waals surface area contributed by atoms with Crippen molar-refractivity contribution >= 4 is 58.0 Å². The summed E-state index contributed by atoms with van der Waals surface area (Å²) in [5, 5.41) is 4.16. The summed E-state index contributed by atoms with van der Waals surface area (Å²) in [6.45, 7) is 0.305. The van der Waals surface area contributed by atoms with Crippen LogP contribution >= 0.6 is 34.8 Å². The summed E-state index contributed by atoms with van der Waals surface area (Å²) in [4.78, 5) is 26.2. The second-order valence-corrected chi connectivity index (χ2v) is 6.84. The van der Waals surface area contributed by atoms with Crippen LogP contribution in [0.3, 0.4) is 0 Å². The van der Waals surface area contributed by atoms with E-state index in [9.17, 15) is 9.59 Å². The Kier molecular flexibility index (Phi) is 4.99. The van der Waals surface area contributed by atoms with Gasteiger partial charge in [-0.05, 0) is 36.4 Å². The van der Waals surface area contributed by atoms with Crippen LogP contribution in [-0.4, -0.2) is 18.4 Å². The lowest BCUT2D eigenvalue weighted by molar-refractivity contribution is -0.122. The molecule has 2 aromatic rings. The van der Waals surface area contributed by atoms with Gasteiger partial charge in [-0.2, -0.15) is 0 Å². The Morgan fingerprint density at radius 2 is 1.75 bits per heavy atom. The fourth-order valence-corrected chi connectivity index (χ4v) is 3.36. The van der Waals surface area contributed by atoms with Crippen molar-refractivity contribution in [3.63, 3.8) is 0 Å². The van der Waals surface area contributed by atoms with Crippen LogP contribution in [-0.2, 0) is 9.59 Å². The van der Waals surface area contributed by atoms with Crippen molar-refractivity contribution in [2.24, 2.45) is 5.92 Å². The first-order valence-electron chi connectivity index (χ1n) is 7.25. The summed E-state index contributed by atoms with van der Waals surface area (Å²) in [7, 11) is 0. The van der Waals surface area contributed by atoms with Crippen molar-refractivity contribution in [1.82, 2.24) is 0 Å². The van der Waals surface area contributed by atoms with Crippen molar-refractivity contribution in [1.29, 1.82) is 0 Å². The molecule has 1 aliphatic rings. The summed E-state index contributed by atoms with van der Waals surface area (Å²) >= 11 is 17.8. The molecular weight excluding hydrogens is 371 g/mol. The van der Waals surface area contributed by atoms with Gasteiger partial charge >= 0.3 is 0 Å². The van der Waals surface area contributed by atoms with E-state index in [-0.39, 0.29) is 18.2 Å². The van der Waals surface area contributed by atoms with E-state index in [1.54, 1.807) is 47.4 Å². The molecule has 3 rings (SSSR count). The molecule has 7 heteroatoms. The molecule has 0 radical (unpaired) electrons. The van der Waals surface area contributed by atoms with Crippen molar-refractivity contribution < 1.29 is 9.59 Å². The van der Waals surface area contributed by atoms with Crippen LogP contribution in [0.25, 0.3) is 0 Å². The Hall–Kier alpha value is -1.75. The monoisotopic (exact) mass is 382 g/mol. The molecule has 0 unspecified atom stereocenters. The molecule has 0 aromatic heterocycles. The highest BCUT2D eigenvalue weighted by atomic mass is 35.5. The Morgan fingerprint density at radius 1 is 1.04 bits per heavy atom. The number of anilines is 2. The van der Waals surface area contributed by atoms with Crippen LogP contribution in [0.4, 0.5) is 11.4 Å². The summed E-state index contributed by atoms with van der Waals surface area (Å²) in [6, 6.07) is 11.8. The van der Waals surface area contributed by atoms with Crippen LogP contribution in [0.5, 0.6) is 0 Å². The van der Waals surface area contributed by atoms with Crippen LogP contribution in [0.15, 0.2) is 42.5 Å². The number of hydrogen-bond acceptors (Lipinski definition) is 2. The number of carbonyl (C=O) groups is 2. The van der Waals surface area contributed by atoms with E-state index < -0.39 is 5.92 Å². The molecule has 1 atom stereocenters. The summed E-state index contributed by atoms with van der Waals surface area (Å²) in [5.74, 6) is -0.804. The summed E-state index contributed by atoms with van der Waals surface area (Å²) in [6.07, 6.45) is 0.145. The topological polar surface area (TPSA) is 49.4 Å². The fraction of sp³-hybridized carbons (Fsp3) is 0.176. The van der Waals surface area contributed by atoms with E-state index in [1.807, 2.05) is 0 Å². The Bertz CT molecular complexity index is 790. The second-order valence-electron chi connectivity index (χ2n) is 5.53. The van der Waals surface area contributed by atoms with Crippen LogP contribution < -0.4 is 10.2 Å². The highest BCUT2D eigenvalue weighted by Gasteiger charge is 2.35. The van der Waals surface area contributed by atoms with Gasteiger partial charge in [-0.1, -0.05) is 40.9 Å². The molecule has 0 aliphatic carbocycles. The van der Waals surface area contributed by atoms with E-state index in [4.69, 9.17) is 34.8 Å². The maximum atomic E-state index is 12.4. The quantitative estimate of drug-likeness (QED) is 0.839. The molecule has 24 heavy (non-hydrogen) atoms. The molecule has 0 bridgehead atoms. The molecule has 1 saturated heterocycles. The van der Waals surface area contributed by atoms with Crippen LogP contribution in [0.1, 0.15) is 6.42 Å². The molecule has 1 aliphatic heterocycles. The number of hydrogen-bond donors (Lipinski definition) is 1. The number of carbonyl (C=O) groups excluding carboxylic acids is 2. The van der Waals surface area contributed by atoms with Gasteiger partial charge in [0.2, 0.25) is 11.8 Å². The SMILES string of the molecule is O=C(Nc1cc(Cl)cc(Cl)c1)[C@H]1CC(=O)N(c2cccc(Cl)c2)C1. The minimum absolute atomic E-state index is 0.110. The molecule has 2 amide bonds. The van der Waals surface area contributed by atoms with E-state index in [2.05, 4.69) is 5.32 Å². The smallest absolute Gasteiger partial charge is 0.229 e. The van der Waals surface area contributed by atoms with E-state index in [0.717, 1.165) is 0 Å². The average molecular weight is 384 g/mol. The van der Waals surface area contributed by atoms with Gasteiger partial charge in [0, 0.05) is 39.4 Å². The van der Waals surface area contributed by atoms with E-state index >= 15 is 0 Å². The van der Waals surface area contributed by atoms with Gasteiger partial charge in [0.15, 0.2) is 0 Å². The molecule has 0 saturated carbocycles. The molecular formula is C17H13Cl3N2O2. The second kappa shape index (κ2) is 7.01. The zero-order valence-electron chi connectivity index (χ0n) is 12.4. The largest absolute Gasteiger partial charge is 0.326 e. The number of amides is 2. The summed E-state index contributed by atoms with van der Waals surface area (Å²) in [5.41, 5.74) is 1.19. The van der Waals surface area contributed by atoms with Crippen LogP contribution in [0, 0.1) is 5.92 Å². The molecule has 1 fully saturated rings. The van der Waals surface area contributed by atoms with Gasteiger partial charge in [-0.15, -0.1) is 0 Å². The standard InChI is InChI=1S/C17H13Cl3N2O2/c18-11-2-1-3-15(8-11)22-9-10(4-16(22)23)17(24)21-14-6-12(19)5-13(20)7-14/h1-3,5-8,10H,4,9H2,(H,21,24)/t10-/m0/s1. The maximum Gasteiger partial charge on any atom is 0.229 e. The molecule has 4 nitrogen and oxygen atoms in total. The van der Waals surface area contributed by atoms with E-state index in [1.165, 1.54) is 0 Å². The third-order valence-electron chi connectivity index (χ3n) is 3.75.